The number of rotatable bonds is 19. The second-order valence-corrected chi connectivity index (χ2v) is 16.8. The van der Waals surface area contributed by atoms with Crippen molar-refractivity contribution in [1.82, 2.24) is 4.90 Å². The summed E-state index contributed by atoms with van der Waals surface area (Å²) in [6, 6.07) is 10.9. The van der Waals surface area contributed by atoms with Crippen LogP contribution in [0.3, 0.4) is 0 Å². The van der Waals surface area contributed by atoms with Crippen LogP contribution in [0.5, 0.6) is 0 Å². The molecule has 5 rings (SSSR count). The maximum Gasteiger partial charge on any atom is 0.0637 e. The number of hydrogen-bond acceptors (Lipinski definition) is 7. The van der Waals surface area contributed by atoms with Gasteiger partial charge in [-0.15, -0.1) is 0 Å². The molecule has 0 radical (unpaired) electrons. The van der Waals surface area contributed by atoms with Crippen LogP contribution in [0.25, 0.3) is 0 Å². The first-order valence-electron chi connectivity index (χ1n) is 19.9. The lowest BCUT2D eigenvalue weighted by atomic mass is 9.43. The average molecular weight is 669 g/mol. The van der Waals surface area contributed by atoms with Crippen LogP contribution in [0.2, 0.25) is 0 Å². The van der Waals surface area contributed by atoms with Crippen molar-refractivity contribution in [3.63, 3.8) is 0 Å². The van der Waals surface area contributed by atoms with E-state index in [1.807, 2.05) is 0 Å². The van der Waals surface area contributed by atoms with E-state index in [2.05, 4.69) is 63.1 Å². The predicted octanol–water partition coefficient (Wildman–Crippen LogP) is 6.62. The van der Waals surface area contributed by atoms with E-state index in [4.69, 9.17) is 31.4 Å². The Bertz CT molecular complexity index is 1080. The number of nitrogens with two attached hydrogens (primary N) is 3. The van der Waals surface area contributed by atoms with Gasteiger partial charge < -0.3 is 36.3 Å². The highest BCUT2D eigenvalue weighted by molar-refractivity contribution is 5.16. The van der Waals surface area contributed by atoms with E-state index >= 15 is 0 Å². The van der Waals surface area contributed by atoms with Crippen LogP contribution in [0.1, 0.15) is 103 Å². The van der Waals surface area contributed by atoms with E-state index in [1.54, 1.807) is 0 Å². The highest BCUT2D eigenvalue weighted by Gasteiger charge is 2.66. The van der Waals surface area contributed by atoms with Gasteiger partial charge in [0.1, 0.15) is 0 Å². The van der Waals surface area contributed by atoms with E-state index in [9.17, 15) is 0 Å². The third-order valence-corrected chi connectivity index (χ3v) is 14.0. The number of hydrogen-bond donors (Lipinski definition) is 3. The molecule has 0 amide bonds. The molecule has 0 bridgehead atoms. The molecule has 274 valence electrons. The van der Waals surface area contributed by atoms with Crippen molar-refractivity contribution in [1.29, 1.82) is 0 Å². The summed E-state index contributed by atoms with van der Waals surface area (Å²) in [6.45, 7) is 14.4. The first kappa shape index (κ1) is 38.2. The molecule has 6 unspecified atom stereocenters. The zero-order chi connectivity index (χ0) is 34.1. The monoisotopic (exact) mass is 669 g/mol. The van der Waals surface area contributed by atoms with Crippen LogP contribution in [0, 0.1) is 46.3 Å². The minimum absolute atomic E-state index is 0.159. The van der Waals surface area contributed by atoms with Crippen LogP contribution in [-0.2, 0) is 20.8 Å². The molecular weight excluding hydrogens is 596 g/mol. The molecule has 0 heterocycles. The number of fused-ring (bicyclic) bond motifs is 5. The van der Waals surface area contributed by atoms with Crippen molar-refractivity contribution < 1.29 is 14.2 Å². The fourth-order valence-electron chi connectivity index (χ4n) is 11.5. The fourth-order valence-corrected chi connectivity index (χ4v) is 11.5. The first-order valence-corrected chi connectivity index (χ1v) is 19.9. The molecule has 0 saturated heterocycles. The van der Waals surface area contributed by atoms with Gasteiger partial charge in [0, 0.05) is 31.8 Å². The van der Waals surface area contributed by atoms with Gasteiger partial charge in [-0.1, -0.05) is 51.1 Å². The fraction of sp³-hybridized carbons (Fsp3) is 0.854. The molecule has 4 aliphatic rings. The molecule has 7 heteroatoms. The highest BCUT2D eigenvalue weighted by atomic mass is 16.5. The Balaban J connectivity index is 1.34. The molecule has 48 heavy (non-hydrogen) atoms. The number of benzene rings is 1. The summed E-state index contributed by atoms with van der Waals surface area (Å²) in [5.74, 6) is 3.81. The molecule has 1 aromatic rings. The molecule has 4 fully saturated rings. The van der Waals surface area contributed by atoms with Gasteiger partial charge in [0.05, 0.1) is 18.3 Å². The van der Waals surface area contributed by atoms with Gasteiger partial charge in [-0.05, 0) is 157 Å². The standard InChI is InChI=1S/C41H72N4O3/c1-30(12-8-22-45(4)29-31-13-6-5-7-14-31)34-15-16-35-39-36(28-38(41(34,35)3)48-25-11-21-44)40(2)18-17-33(46-23-9-19-42)26-32(40)27-37(39)47-24-10-20-43/h5-7,13-14,30,32-39H,8-12,15-29,42-44H2,1-4H3/t30?,32?,33-,34?,35+,36+,37-,38+,39?,40?,41?/m1/s1. The summed E-state index contributed by atoms with van der Waals surface area (Å²) < 4.78 is 20.4. The zero-order valence-corrected chi connectivity index (χ0v) is 31.1. The van der Waals surface area contributed by atoms with Crippen molar-refractivity contribution in [2.75, 3.05) is 53.0 Å². The SMILES string of the molecule is CC(CCCN(C)Cc1ccccc1)C1CC[C@H]2C3[C@H](OCCCN)CC4C[C@H](OCCCN)CCC4(C)[C@H]3C[C@H](OCCCN)C12C. The largest absolute Gasteiger partial charge is 0.378 e. The van der Waals surface area contributed by atoms with E-state index in [1.165, 1.54) is 44.1 Å². The van der Waals surface area contributed by atoms with E-state index in [-0.39, 0.29) is 11.5 Å². The normalized spacial score (nSPS) is 36.8. The smallest absolute Gasteiger partial charge is 0.0637 e. The van der Waals surface area contributed by atoms with Crippen LogP contribution in [0.4, 0.5) is 0 Å². The Hall–Kier alpha value is -1.06. The molecular formula is C41H72N4O3. The summed E-state index contributed by atoms with van der Waals surface area (Å²) in [4.78, 5) is 2.49. The van der Waals surface area contributed by atoms with Crippen molar-refractivity contribution in [3.8, 4) is 0 Å². The Morgan fingerprint density at radius 2 is 1.50 bits per heavy atom. The van der Waals surface area contributed by atoms with Crippen LogP contribution >= 0.6 is 0 Å². The number of ether oxygens (including phenoxy) is 3. The van der Waals surface area contributed by atoms with Gasteiger partial charge in [-0.25, -0.2) is 0 Å². The molecule has 1 aromatic carbocycles. The van der Waals surface area contributed by atoms with Crippen LogP contribution in [0.15, 0.2) is 30.3 Å². The first-order chi connectivity index (χ1) is 23.3. The minimum Gasteiger partial charge on any atom is -0.378 e. The van der Waals surface area contributed by atoms with Crippen molar-refractivity contribution in [2.24, 2.45) is 63.5 Å². The molecule has 0 aromatic heterocycles. The van der Waals surface area contributed by atoms with E-state index in [0.717, 1.165) is 71.4 Å². The molecule has 0 spiro atoms. The molecule has 4 saturated carbocycles. The second kappa shape index (κ2) is 17.9. The lowest BCUT2D eigenvalue weighted by molar-refractivity contribution is -0.227. The molecule has 4 aliphatic carbocycles. The maximum atomic E-state index is 7.04. The molecule has 11 atom stereocenters. The Labute approximate surface area is 293 Å². The van der Waals surface area contributed by atoms with Gasteiger partial charge in [-0.2, -0.15) is 0 Å². The summed E-state index contributed by atoms with van der Waals surface area (Å²) in [7, 11) is 2.27. The molecule has 6 N–H and O–H groups in total. The third-order valence-electron chi connectivity index (χ3n) is 14.0. The maximum absolute atomic E-state index is 7.04. The van der Waals surface area contributed by atoms with Gasteiger partial charge >= 0.3 is 0 Å². The minimum atomic E-state index is 0.159. The Morgan fingerprint density at radius 3 is 2.21 bits per heavy atom. The Kier molecular flexibility index (Phi) is 14.3. The lowest BCUT2D eigenvalue weighted by Gasteiger charge is -2.65. The quantitative estimate of drug-likeness (QED) is 0.142. The summed E-state index contributed by atoms with van der Waals surface area (Å²) in [5, 5.41) is 0. The van der Waals surface area contributed by atoms with E-state index in [0.29, 0.717) is 72.8 Å². The Morgan fingerprint density at radius 1 is 0.812 bits per heavy atom. The summed E-state index contributed by atoms with van der Waals surface area (Å²) in [6.07, 6.45) is 14.8. The third kappa shape index (κ3) is 8.52. The van der Waals surface area contributed by atoms with Gasteiger partial charge in [0.25, 0.3) is 0 Å². The number of nitrogens with zero attached hydrogens (tertiary/aromatic N) is 1. The van der Waals surface area contributed by atoms with Gasteiger partial charge in [-0.3, -0.25) is 0 Å². The van der Waals surface area contributed by atoms with E-state index < -0.39 is 0 Å². The summed E-state index contributed by atoms with van der Waals surface area (Å²) in [5.41, 5.74) is 19.6. The predicted molar refractivity (Wildman–Crippen MR) is 197 cm³/mol. The molecule has 7 nitrogen and oxygen atoms in total. The lowest BCUT2D eigenvalue weighted by Crippen LogP contribution is -2.63. The van der Waals surface area contributed by atoms with Gasteiger partial charge in [0.15, 0.2) is 0 Å². The topological polar surface area (TPSA) is 109 Å². The van der Waals surface area contributed by atoms with Crippen molar-refractivity contribution in [2.45, 2.75) is 123 Å². The molecule has 0 aliphatic heterocycles. The average Bonchev–Trinajstić information content (AvgIpc) is 3.44. The zero-order valence-electron chi connectivity index (χ0n) is 31.1. The van der Waals surface area contributed by atoms with Crippen LogP contribution < -0.4 is 17.2 Å². The summed E-state index contributed by atoms with van der Waals surface area (Å²) >= 11 is 0. The van der Waals surface area contributed by atoms with Crippen molar-refractivity contribution in [3.05, 3.63) is 35.9 Å². The van der Waals surface area contributed by atoms with Gasteiger partial charge in [0.2, 0.25) is 0 Å². The second-order valence-electron chi connectivity index (χ2n) is 16.8. The van der Waals surface area contributed by atoms with Crippen molar-refractivity contribution >= 4 is 0 Å². The highest BCUT2D eigenvalue weighted by Crippen LogP contribution is 2.69. The van der Waals surface area contributed by atoms with Crippen LogP contribution in [-0.4, -0.2) is 76.3 Å².